The van der Waals surface area contributed by atoms with Gasteiger partial charge in [-0.05, 0) is 24.1 Å². The van der Waals surface area contributed by atoms with Crippen LogP contribution >= 0.6 is 0 Å². The number of benzene rings is 1. The topological polar surface area (TPSA) is 73.6 Å². The van der Waals surface area contributed by atoms with E-state index in [1.807, 2.05) is 18.2 Å². The highest BCUT2D eigenvalue weighted by atomic mass is 16.6. The van der Waals surface area contributed by atoms with Crippen LogP contribution in [0, 0.1) is 0 Å². The zero-order valence-electron chi connectivity index (χ0n) is 9.57. The molecular weight excluding hydrogens is 220 g/mol. The summed E-state index contributed by atoms with van der Waals surface area (Å²) in [6.07, 6.45) is 0.752. The van der Waals surface area contributed by atoms with Gasteiger partial charge in [0.2, 0.25) is 5.91 Å². The van der Waals surface area contributed by atoms with Crippen LogP contribution in [0.25, 0.3) is 0 Å². The van der Waals surface area contributed by atoms with Crippen molar-refractivity contribution in [1.82, 2.24) is 5.32 Å². The van der Waals surface area contributed by atoms with Crippen molar-refractivity contribution in [1.29, 1.82) is 0 Å². The molecule has 5 nitrogen and oxygen atoms in total. The molecule has 0 radical (unpaired) electrons. The number of nitrogens with one attached hydrogen (secondary N) is 1. The minimum atomic E-state index is -0.137. The van der Waals surface area contributed by atoms with Crippen LogP contribution in [0.15, 0.2) is 18.2 Å². The van der Waals surface area contributed by atoms with Crippen LogP contribution in [0.5, 0.6) is 11.5 Å². The van der Waals surface area contributed by atoms with Crippen LogP contribution in [-0.2, 0) is 11.2 Å². The van der Waals surface area contributed by atoms with Crippen molar-refractivity contribution in [3.63, 3.8) is 0 Å². The fraction of sp³-hybridized carbons (Fsp3) is 0.417. The molecule has 1 heterocycles. The summed E-state index contributed by atoms with van der Waals surface area (Å²) >= 11 is 0. The zero-order valence-corrected chi connectivity index (χ0v) is 9.57. The summed E-state index contributed by atoms with van der Waals surface area (Å²) < 4.78 is 10.9. The standard InChI is InChI=1S/C12H16N2O3/c13-8-12(15)14-4-3-9-1-2-10-11(7-9)17-6-5-16-10/h1-2,7H,3-6,8,13H2,(H,14,15). The third-order valence-electron chi connectivity index (χ3n) is 2.53. The highest BCUT2D eigenvalue weighted by Gasteiger charge is 2.11. The van der Waals surface area contributed by atoms with Crippen molar-refractivity contribution < 1.29 is 14.3 Å². The monoisotopic (exact) mass is 236 g/mol. The van der Waals surface area contributed by atoms with Crippen LogP contribution in [0.2, 0.25) is 0 Å². The fourth-order valence-corrected chi connectivity index (χ4v) is 1.66. The van der Waals surface area contributed by atoms with E-state index in [0.29, 0.717) is 19.8 Å². The lowest BCUT2D eigenvalue weighted by molar-refractivity contribution is -0.119. The largest absolute Gasteiger partial charge is 0.486 e. The zero-order chi connectivity index (χ0) is 12.1. The normalized spacial score (nSPS) is 13.2. The van der Waals surface area contributed by atoms with Crippen LogP contribution < -0.4 is 20.5 Å². The maximum Gasteiger partial charge on any atom is 0.233 e. The van der Waals surface area contributed by atoms with Gasteiger partial charge in [-0.1, -0.05) is 6.07 Å². The first-order chi connectivity index (χ1) is 8.29. The number of hydrogen-bond donors (Lipinski definition) is 2. The molecule has 1 aromatic carbocycles. The summed E-state index contributed by atoms with van der Waals surface area (Å²) in [6, 6.07) is 5.82. The number of hydrogen-bond acceptors (Lipinski definition) is 4. The van der Waals surface area contributed by atoms with Gasteiger partial charge >= 0.3 is 0 Å². The number of amides is 1. The lowest BCUT2D eigenvalue weighted by Crippen LogP contribution is -2.31. The molecule has 0 saturated heterocycles. The van der Waals surface area contributed by atoms with E-state index in [2.05, 4.69) is 5.32 Å². The number of carbonyl (C=O) groups excluding carboxylic acids is 1. The van der Waals surface area contributed by atoms with E-state index < -0.39 is 0 Å². The van der Waals surface area contributed by atoms with Crippen LogP contribution in [0.4, 0.5) is 0 Å². The van der Waals surface area contributed by atoms with Gasteiger partial charge in [0, 0.05) is 6.54 Å². The highest BCUT2D eigenvalue weighted by molar-refractivity contribution is 5.77. The maximum absolute atomic E-state index is 11.0. The van der Waals surface area contributed by atoms with E-state index in [9.17, 15) is 4.79 Å². The molecule has 92 valence electrons. The van der Waals surface area contributed by atoms with Gasteiger partial charge in [0.15, 0.2) is 11.5 Å². The van der Waals surface area contributed by atoms with Crippen LogP contribution in [-0.4, -0.2) is 32.2 Å². The maximum atomic E-state index is 11.0. The van der Waals surface area contributed by atoms with Gasteiger partial charge in [-0.2, -0.15) is 0 Å². The predicted octanol–water partition coefficient (Wildman–Crippen LogP) is 0.0752. The fourth-order valence-electron chi connectivity index (χ4n) is 1.66. The lowest BCUT2D eigenvalue weighted by Gasteiger charge is -2.18. The van der Waals surface area contributed by atoms with Gasteiger partial charge in [0.1, 0.15) is 13.2 Å². The highest BCUT2D eigenvalue weighted by Crippen LogP contribution is 2.30. The van der Waals surface area contributed by atoms with Crippen molar-refractivity contribution >= 4 is 5.91 Å². The van der Waals surface area contributed by atoms with Gasteiger partial charge in [-0.15, -0.1) is 0 Å². The van der Waals surface area contributed by atoms with Crippen molar-refractivity contribution in [2.75, 3.05) is 26.3 Å². The molecule has 1 aliphatic rings. The van der Waals surface area contributed by atoms with Gasteiger partial charge < -0.3 is 20.5 Å². The Bertz CT molecular complexity index is 407. The van der Waals surface area contributed by atoms with Crippen molar-refractivity contribution in [3.05, 3.63) is 23.8 Å². The Morgan fingerprint density at radius 3 is 2.82 bits per heavy atom. The second-order valence-corrected chi connectivity index (χ2v) is 3.78. The molecule has 5 heteroatoms. The summed E-state index contributed by atoms with van der Waals surface area (Å²) in [5.74, 6) is 1.42. The average Bonchev–Trinajstić information content (AvgIpc) is 2.38. The summed E-state index contributed by atoms with van der Waals surface area (Å²) in [4.78, 5) is 11.0. The minimum absolute atomic E-state index is 0.0289. The van der Waals surface area contributed by atoms with E-state index in [0.717, 1.165) is 23.5 Å². The Hall–Kier alpha value is -1.75. The van der Waals surface area contributed by atoms with Gasteiger partial charge in [0.05, 0.1) is 6.54 Å². The van der Waals surface area contributed by atoms with E-state index in [-0.39, 0.29) is 12.5 Å². The predicted molar refractivity (Wildman–Crippen MR) is 63.2 cm³/mol. The smallest absolute Gasteiger partial charge is 0.233 e. The third kappa shape index (κ3) is 3.10. The van der Waals surface area contributed by atoms with Gasteiger partial charge in [-0.25, -0.2) is 0 Å². The molecule has 1 aliphatic heterocycles. The van der Waals surface area contributed by atoms with Crippen molar-refractivity contribution in [2.24, 2.45) is 5.73 Å². The molecule has 0 spiro atoms. The molecule has 2 rings (SSSR count). The molecule has 1 aromatic rings. The SMILES string of the molecule is NCC(=O)NCCc1ccc2c(c1)OCCO2. The summed E-state index contributed by atoms with van der Waals surface area (Å²) in [5, 5.41) is 2.72. The molecule has 0 bridgehead atoms. The Balaban J connectivity index is 1.91. The van der Waals surface area contributed by atoms with Gasteiger partial charge in [0.25, 0.3) is 0 Å². The minimum Gasteiger partial charge on any atom is -0.486 e. The molecule has 1 amide bonds. The Morgan fingerprint density at radius 2 is 2.06 bits per heavy atom. The molecule has 0 unspecified atom stereocenters. The Morgan fingerprint density at radius 1 is 1.29 bits per heavy atom. The van der Waals surface area contributed by atoms with E-state index >= 15 is 0 Å². The second-order valence-electron chi connectivity index (χ2n) is 3.78. The van der Waals surface area contributed by atoms with E-state index in [1.165, 1.54) is 0 Å². The first kappa shape index (κ1) is 11.7. The summed E-state index contributed by atoms with van der Waals surface area (Å²) in [6.45, 7) is 1.79. The molecular formula is C12H16N2O3. The Kier molecular flexibility index (Phi) is 3.82. The number of rotatable bonds is 4. The first-order valence-electron chi connectivity index (χ1n) is 5.65. The molecule has 3 N–H and O–H groups in total. The van der Waals surface area contributed by atoms with Crippen LogP contribution in [0.3, 0.4) is 0 Å². The molecule has 0 fully saturated rings. The molecule has 17 heavy (non-hydrogen) atoms. The van der Waals surface area contributed by atoms with Gasteiger partial charge in [-0.3, -0.25) is 4.79 Å². The number of fused-ring (bicyclic) bond motifs is 1. The molecule has 0 saturated carbocycles. The average molecular weight is 236 g/mol. The number of nitrogens with two attached hydrogens (primary N) is 1. The van der Waals surface area contributed by atoms with Crippen molar-refractivity contribution in [2.45, 2.75) is 6.42 Å². The number of carbonyl (C=O) groups is 1. The quantitative estimate of drug-likeness (QED) is 0.776. The summed E-state index contributed by atoms with van der Waals surface area (Å²) in [5.41, 5.74) is 6.30. The number of ether oxygens (including phenoxy) is 2. The summed E-state index contributed by atoms with van der Waals surface area (Å²) in [7, 11) is 0. The molecule has 0 aromatic heterocycles. The van der Waals surface area contributed by atoms with E-state index in [4.69, 9.17) is 15.2 Å². The first-order valence-corrected chi connectivity index (χ1v) is 5.65. The molecule has 0 aliphatic carbocycles. The molecule has 0 atom stereocenters. The van der Waals surface area contributed by atoms with E-state index in [1.54, 1.807) is 0 Å². The van der Waals surface area contributed by atoms with Crippen molar-refractivity contribution in [3.8, 4) is 11.5 Å². The lowest BCUT2D eigenvalue weighted by atomic mass is 10.1. The third-order valence-corrected chi connectivity index (χ3v) is 2.53. The Labute approximate surface area is 99.9 Å². The van der Waals surface area contributed by atoms with Crippen LogP contribution in [0.1, 0.15) is 5.56 Å². The second kappa shape index (κ2) is 5.54.